The van der Waals surface area contributed by atoms with Gasteiger partial charge < -0.3 is 5.11 Å². The summed E-state index contributed by atoms with van der Waals surface area (Å²) in [5, 5.41) is 10.2. The van der Waals surface area contributed by atoms with Crippen molar-refractivity contribution in [3.63, 3.8) is 0 Å². The average molecular weight is 222 g/mol. The first kappa shape index (κ1) is 12.2. The topological polar surface area (TPSA) is 20.2 Å². The fourth-order valence-corrected chi connectivity index (χ4v) is 3.68. The molecular formula is C15H26O. The Morgan fingerprint density at radius 1 is 1.31 bits per heavy atom. The lowest BCUT2D eigenvalue weighted by Gasteiger charge is -2.44. The molecule has 16 heavy (non-hydrogen) atoms. The SMILES string of the molecule is CC(C)[C@H]1CC[C@H](C)[C@H]2CC[C@@](C)(O)C=C12. The molecule has 0 spiro atoms. The Labute approximate surface area is 99.9 Å². The molecule has 0 aromatic carbocycles. The number of hydrogen-bond donors (Lipinski definition) is 1. The summed E-state index contributed by atoms with van der Waals surface area (Å²) in [7, 11) is 0. The van der Waals surface area contributed by atoms with Crippen molar-refractivity contribution in [1.82, 2.24) is 0 Å². The van der Waals surface area contributed by atoms with Crippen molar-refractivity contribution in [2.75, 3.05) is 0 Å². The van der Waals surface area contributed by atoms with Gasteiger partial charge in [-0.1, -0.05) is 32.4 Å². The molecule has 0 amide bonds. The normalized spacial score (nSPS) is 44.1. The van der Waals surface area contributed by atoms with Crippen LogP contribution >= 0.6 is 0 Å². The molecule has 1 fully saturated rings. The van der Waals surface area contributed by atoms with E-state index in [1.165, 1.54) is 19.3 Å². The van der Waals surface area contributed by atoms with E-state index in [9.17, 15) is 5.11 Å². The summed E-state index contributed by atoms with van der Waals surface area (Å²) in [6.07, 6.45) is 7.01. The third kappa shape index (κ3) is 2.20. The van der Waals surface area contributed by atoms with Crippen LogP contribution < -0.4 is 0 Å². The summed E-state index contributed by atoms with van der Waals surface area (Å²) >= 11 is 0. The number of rotatable bonds is 1. The van der Waals surface area contributed by atoms with Crippen molar-refractivity contribution in [1.29, 1.82) is 0 Å². The minimum absolute atomic E-state index is 0.546. The quantitative estimate of drug-likeness (QED) is 0.669. The van der Waals surface area contributed by atoms with Crippen LogP contribution in [0.3, 0.4) is 0 Å². The Hall–Kier alpha value is -0.300. The lowest BCUT2D eigenvalue weighted by Crippen LogP contribution is -2.37. The number of hydrogen-bond acceptors (Lipinski definition) is 1. The van der Waals surface area contributed by atoms with Gasteiger partial charge in [0.05, 0.1) is 5.60 Å². The zero-order valence-corrected chi connectivity index (χ0v) is 11.2. The van der Waals surface area contributed by atoms with E-state index in [1.807, 2.05) is 6.92 Å². The highest BCUT2D eigenvalue weighted by Crippen LogP contribution is 2.47. The van der Waals surface area contributed by atoms with Crippen LogP contribution in [0.15, 0.2) is 11.6 Å². The molecule has 2 aliphatic carbocycles. The van der Waals surface area contributed by atoms with Gasteiger partial charge in [0.25, 0.3) is 0 Å². The first-order valence-electron chi connectivity index (χ1n) is 6.86. The van der Waals surface area contributed by atoms with E-state index in [0.717, 1.165) is 24.2 Å². The minimum Gasteiger partial charge on any atom is -0.386 e. The first-order valence-corrected chi connectivity index (χ1v) is 6.86. The van der Waals surface area contributed by atoms with E-state index in [4.69, 9.17) is 0 Å². The molecular weight excluding hydrogens is 196 g/mol. The van der Waals surface area contributed by atoms with Crippen molar-refractivity contribution in [2.45, 2.75) is 59.0 Å². The molecule has 2 rings (SSSR count). The Kier molecular flexibility index (Phi) is 3.18. The standard InChI is InChI=1S/C15H26O/c1-10(2)12-6-5-11(3)13-7-8-15(4,16)9-14(12)13/h9-13,16H,5-8H2,1-4H3/t11-,12+,13+,15+/m0/s1. The van der Waals surface area contributed by atoms with Crippen LogP contribution in [0.25, 0.3) is 0 Å². The molecule has 4 atom stereocenters. The lowest BCUT2D eigenvalue weighted by atomic mass is 9.62. The maximum absolute atomic E-state index is 10.2. The molecule has 1 N–H and O–H groups in total. The molecule has 0 aromatic heterocycles. The van der Waals surface area contributed by atoms with Gasteiger partial charge in [-0.2, -0.15) is 0 Å². The van der Waals surface area contributed by atoms with E-state index < -0.39 is 5.60 Å². The van der Waals surface area contributed by atoms with E-state index in [0.29, 0.717) is 5.92 Å². The van der Waals surface area contributed by atoms with Crippen molar-refractivity contribution in [3.05, 3.63) is 11.6 Å². The Morgan fingerprint density at radius 2 is 2.00 bits per heavy atom. The zero-order valence-electron chi connectivity index (χ0n) is 11.2. The van der Waals surface area contributed by atoms with Gasteiger partial charge in [-0.15, -0.1) is 0 Å². The molecule has 0 bridgehead atoms. The highest BCUT2D eigenvalue weighted by molar-refractivity contribution is 5.23. The molecule has 1 nitrogen and oxygen atoms in total. The van der Waals surface area contributed by atoms with Crippen LogP contribution in [0.1, 0.15) is 53.4 Å². The van der Waals surface area contributed by atoms with Crippen molar-refractivity contribution in [2.24, 2.45) is 23.7 Å². The van der Waals surface area contributed by atoms with E-state index >= 15 is 0 Å². The van der Waals surface area contributed by atoms with Gasteiger partial charge >= 0.3 is 0 Å². The maximum Gasteiger partial charge on any atom is 0.0802 e. The first-order chi connectivity index (χ1) is 7.41. The summed E-state index contributed by atoms with van der Waals surface area (Å²) < 4.78 is 0. The van der Waals surface area contributed by atoms with Crippen LogP contribution in [0.2, 0.25) is 0 Å². The Bertz CT molecular complexity index is 288. The van der Waals surface area contributed by atoms with Crippen LogP contribution in [0, 0.1) is 23.7 Å². The second-order valence-corrected chi connectivity index (χ2v) is 6.55. The molecule has 92 valence electrons. The molecule has 1 heteroatoms. The minimum atomic E-state index is -0.546. The average Bonchev–Trinajstić information content (AvgIpc) is 2.15. The van der Waals surface area contributed by atoms with Crippen LogP contribution in [0.4, 0.5) is 0 Å². The number of aliphatic hydroxyl groups is 1. The van der Waals surface area contributed by atoms with Crippen molar-refractivity contribution >= 4 is 0 Å². The molecule has 0 aliphatic heterocycles. The summed E-state index contributed by atoms with van der Waals surface area (Å²) in [5.41, 5.74) is 1.03. The molecule has 0 unspecified atom stereocenters. The monoisotopic (exact) mass is 222 g/mol. The second-order valence-electron chi connectivity index (χ2n) is 6.55. The highest BCUT2D eigenvalue weighted by Gasteiger charge is 2.39. The largest absolute Gasteiger partial charge is 0.386 e. The molecule has 0 saturated heterocycles. The third-order valence-electron chi connectivity index (χ3n) is 4.72. The fourth-order valence-electron chi connectivity index (χ4n) is 3.68. The van der Waals surface area contributed by atoms with Gasteiger partial charge in [-0.3, -0.25) is 0 Å². The summed E-state index contributed by atoms with van der Waals surface area (Å²) in [4.78, 5) is 0. The molecule has 0 aromatic rings. The highest BCUT2D eigenvalue weighted by atomic mass is 16.3. The van der Waals surface area contributed by atoms with Crippen LogP contribution in [0.5, 0.6) is 0 Å². The van der Waals surface area contributed by atoms with Crippen molar-refractivity contribution in [3.8, 4) is 0 Å². The molecule has 1 saturated carbocycles. The van der Waals surface area contributed by atoms with E-state index in [1.54, 1.807) is 5.57 Å². The smallest absolute Gasteiger partial charge is 0.0802 e. The van der Waals surface area contributed by atoms with Gasteiger partial charge in [0.15, 0.2) is 0 Å². The van der Waals surface area contributed by atoms with Gasteiger partial charge in [0, 0.05) is 0 Å². The van der Waals surface area contributed by atoms with Gasteiger partial charge in [-0.25, -0.2) is 0 Å². The molecule has 2 aliphatic rings. The van der Waals surface area contributed by atoms with Crippen LogP contribution in [-0.2, 0) is 0 Å². The van der Waals surface area contributed by atoms with E-state index in [2.05, 4.69) is 26.8 Å². The number of fused-ring (bicyclic) bond motifs is 1. The second kappa shape index (κ2) is 4.18. The van der Waals surface area contributed by atoms with Gasteiger partial charge in [0.1, 0.15) is 0 Å². The molecule has 0 radical (unpaired) electrons. The predicted octanol–water partition coefficient (Wildman–Crippen LogP) is 3.78. The lowest BCUT2D eigenvalue weighted by molar-refractivity contribution is 0.0684. The third-order valence-corrected chi connectivity index (χ3v) is 4.72. The predicted molar refractivity (Wildman–Crippen MR) is 68.2 cm³/mol. The van der Waals surface area contributed by atoms with E-state index in [-0.39, 0.29) is 0 Å². The Balaban J connectivity index is 2.30. The van der Waals surface area contributed by atoms with Gasteiger partial charge in [0.2, 0.25) is 0 Å². The van der Waals surface area contributed by atoms with Crippen molar-refractivity contribution < 1.29 is 5.11 Å². The van der Waals surface area contributed by atoms with Crippen LogP contribution in [-0.4, -0.2) is 10.7 Å². The van der Waals surface area contributed by atoms with Gasteiger partial charge in [-0.05, 0) is 56.3 Å². The number of allylic oxidation sites excluding steroid dienone is 1. The summed E-state index contributed by atoms with van der Waals surface area (Å²) in [6, 6.07) is 0. The summed E-state index contributed by atoms with van der Waals surface area (Å²) in [6.45, 7) is 8.99. The fraction of sp³-hybridized carbons (Fsp3) is 0.867. The molecule has 0 heterocycles. The Morgan fingerprint density at radius 3 is 2.62 bits per heavy atom. The summed E-state index contributed by atoms with van der Waals surface area (Å²) in [5.74, 6) is 3.00. The zero-order chi connectivity index (χ0) is 11.9. The maximum atomic E-state index is 10.2.